The van der Waals surface area contributed by atoms with Crippen LogP contribution in [0.1, 0.15) is 90.2 Å². The van der Waals surface area contributed by atoms with Crippen molar-refractivity contribution in [2.24, 2.45) is 11.8 Å². The van der Waals surface area contributed by atoms with Crippen molar-refractivity contribution in [1.29, 1.82) is 0 Å². The minimum absolute atomic E-state index is 0.861. The quantitative estimate of drug-likeness (QED) is 0.289. The van der Waals surface area contributed by atoms with Crippen LogP contribution in [0.2, 0.25) is 0 Å². The third-order valence-electron chi connectivity index (χ3n) is 4.52. The van der Waals surface area contributed by atoms with E-state index in [0.29, 0.717) is 0 Å². The van der Waals surface area contributed by atoms with Crippen LogP contribution in [-0.2, 0) is 12.8 Å². The molecule has 26 heavy (non-hydrogen) atoms. The van der Waals surface area contributed by atoms with Gasteiger partial charge in [0.05, 0.1) is 0 Å². The molecule has 0 aliphatic rings. The zero-order valence-electron chi connectivity index (χ0n) is 17.3. The highest BCUT2D eigenvalue weighted by atomic mass is 31.2. The van der Waals surface area contributed by atoms with Crippen LogP contribution in [0.25, 0.3) is 0 Å². The Labute approximate surface area is 162 Å². The summed E-state index contributed by atoms with van der Waals surface area (Å²) in [6.07, 6.45) is 13.5. The largest absolute Gasteiger partial charge is 0.328 e. The molecule has 0 bridgehead atoms. The van der Waals surface area contributed by atoms with Crippen LogP contribution in [0.5, 0.6) is 0 Å². The Hall–Kier alpha value is -0.470. The van der Waals surface area contributed by atoms with Gasteiger partial charge in [0.25, 0.3) is 0 Å². The molecule has 0 aliphatic carbocycles. The molecule has 1 aromatic carbocycles. The maximum atomic E-state index is 7.23. The van der Waals surface area contributed by atoms with Gasteiger partial charge < -0.3 is 14.7 Å². The molecule has 0 saturated heterocycles. The number of rotatable bonds is 12. The smallest absolute Gasteiger partial charge is 0.324 e. The highest BCUT2D eigenvalue weighted by molar-refractivity contribution is 7.38. The Balaban J connectivity index is 0.00000141. The molecule has 0 fully saturated rings. The van der Waals surface area contributed by atoms with Crippen molar-refractivity contribution in [1.82, 2.24) is 0 Å². The van der Waals surface area contributed by atoms with Crippen LogP contribution >= 0.6 is 8.60 Å². The van der Waals surface area contributed by atoms with Gasteiger partial charge in [-0.2, -0.15) is 0 Å². The summed E-state index contributed by atoms with van der Waals surface area (Å²) in [6.45, 7) is 9.28. The molecule has 0 unspecified atom stereocenters. The van der Waals surface area contributed by atoms with Crippen molar-refractivity contribution in [3.8, 4) is 0 Å². The molecule has 0 aromatic heterocycles. The Morgan fingerprint density at radius 2 is 0.923 bits per heavy atom. The predicted molar refractivity (Wildman–Crippen MR) is 114 cm³/mol. The molecule has 3 nitrogen and oxygen atoms in total. The highest BCUT2D eigenvalue weighted by Gasteiger charge is 1.99. The lowest BCUT2D eigenvalue weighted by Gasteiger charge is -2.07. The molecule has 1 aromatic rings. The minimum Gasteiger partial charge on any atom is -0.328 e. The van der Waals surface area contributed by atoms with Gasteiger partial charge in [0.1, 0.15) is 0 Å². The van der Waals surface area contributed by atoms with E-state index in [9.17, 15) is 0 Å². The number of hydrogen-bond donors (Lipinski definition) is 3. The number of unbranched alkanes of at least 4 members (excludes halogenated alkanes) is 4. The van der Waals surface area contributed by atoms with E-state index in [1.54, 1.807) is 0 Å². The molecule has 0 amide bonds. The second kappa shape index (κ2) is 16.7. The molecule has 0 saturated carbocycles. The van der Waals surface area contributed by atoms with E-state index in [-0.39, 0.29) is 0 Å². The zero-order chi connectivity index (χ0) is 19.8. The van der Waals surface area contributed by atoms with Gasteiger partial charge in [-0.3, -0.25) is 0 Å². The van der Waals surface area contributed by atoms with Crippen LogP contribution in [0, 0.1) is 11.8 Å². The monoisotopic (exact) mass is 384 g/mol. The lowest BCUT2D eigenvalue weighted by molar-refractivity contribution is 0.368. The van der Waals surface area contributed by atoms with Gasteiger partial charge in [0.15, 0.2) is 0 Å². The fraction of sp³-hybridized carbons (Fsp3) is 0.727. The first-order chi connectivity index (χ1) is 12.3. The SMILES string of the molecule is CC(C)CCCCCc1ccc(CCCCCC(C)C)cc1.OP(O)O. The van der Waals surface area contributed by atoms with Crippen molar-refractivity contribution in [2.45, 2.75) is 91.9 Å². The average molecular weight is 385 g/mol. The van der Waals surface area contributed by atoms with Crippen LogP contribution < -0.4 is 0 Å². The van der Waals surface area contributed by atoms with E-state index in [0.717, 1.165) is 11.8 Å². The van der Waals surface area contributed by atoms with E-state index in [1.165, 1.54) is 75.3 Å². The highest BCUT2D eigenvalue weighted by Crippen LogP contribution is 2.15. The summed E-state index contributed by atoms with van der Waals surface area (Å²) in [6, 6.07) is 9.41. The predicted octanol–water partition coefficient (Wildman–Crippen LogP) is 6.39. The molecule has 3 N–H and O–H groups in total. The van der Waals surface area contributed by atoms with E-state index in [1.807, 2.05) is 0 Å². The summed E-state index contributed by atoms with van der Waals surface area (Å²) in [7, 11) is -2.62. The van der Waals surface area contributed by atoms with Crippen LogP contribution in [0.15, 0.2) is 24.3 Å². The molecular weight excluding hydrogens is 343 g/mol. The minimum atomic E-state index is -2.62. The van der Waals surface area contributed by atoms with Crippen LogP contribution in [0.4, 0.5) is 0 Å². The zero-order valence-corrected chi connectivity index (χ0v) is 18.2. The molecule has 0 atom stereocenters. The number of benzene rings is 1. The molecule has 1 rings (SSSR count). The first kappa shape index (κ1) is 25.5. The summed E-state index contributed by atoms with van der Waals surface area (Å²) in [5, 5.41) is 0. The summed E-state index contributed by atoms with van der Waals surface area (Å²) in [5.74, 6) is 1.72. The standard InChI is InChI=1S/C22H38.H3O3P/c1-19(2)11-7-5-9-13-21-15-17-22(18-16-21)14-10-6-8-12-20(3)4;1-4(2)3/h15-20H,5-14H2,1-4H3;1-3H. The first-order valence-electron chi connectivity index (χ1n) is 10.3. The third-order valence-corrected chi connectivity index (χ3v) is 4.52. The van der Waals surface area contributed by atoms with Crippen molar-refractivity contribution in [2.75, 3.05) is 0 Å². The van der Waals surface area contributed by atoms with Crippen molar-refractivity contribution >= 4 is 8.60 Å². The Morgan fingerprint density at radius 1 is 0.615 bits per heavy atom. The fourth-order valence-corrected chi connectivity index (χ4v) is 2.99. The lowest BCUT2D eigenvalue weighted by Crippen LogP contribution is -1.92. The molecule has 0 aliphatic heterocycles. The number of hydrogen-bond acceptors (Lipinski definition) is 3. The van der Waals surface area contributed by atoms with Crippen LogP contribution in [0.3, 0.4) is 0 Å². The molecule has 0 heterocycles. The van der Waals surface area contributed by atoms with Gasteiger partial charge in [0.2, 0.25) is 0 Å². The maximum Gasteiger partial charge on any atom is 0.324 e. The maximum absolute atomic E-state index is 7.23. The topological polar surface area (TPSA) is 60.7 Å². The normalized spacial score (nSPS) is 11.2. The van der Waals surface area contributed by atoms with Crippen molar-refractivity contribution < 1.29 is 14.7 Å². The average Bonchev–Trinajstić information content (AvgIpc) is 2.54. The van der Waals surface area contributed by atoms with Gasteiger partial charge in [0, 0.05) is 0 Å². The van der Waals surface area contributed by atoms with E-state index < -0.39 is 8.60 Å². The summed E-state index contributed by atoms with van der Waals surface area (Å²) in [5.41, 5.74) is 3.04. The number of aryl methyl sites for hydroxylation is 2. The van der Waals surface area contributed by atoms with Gasteiger partial charge >= 0.3 is 8.60 Å². The third kappa shape index (κ3) is 18.3. The van der Waals surface area contributed by atoms with E-state index >= 15 is 0 Å². The summed E-state index contributed by atoms with van der Waals surface area (Å²) < 4.78 is 0. The van der Waals surface area contributed by atoms with Gasteiger partial charge in [-0.1, -0.05) is 90.5 Å². The Kier molecular flexibility index (Phi) is 16.4. The molecule has 0 radical (unpaired) electrons. The molecule has 4 heteroatoms. The van der Waals surface area contributed by atoms with Crippen molar-refractivity contribution in [3.63, 3.8) is 0 Å². The van der Waals surface area contributed by atoms with Crippen LogP contribution in [-0.4, -0.2) is 14.7 Å². The second-order valence-corrected chi connectivity index (χ2v) is 8.61. The Bertz CT molecular complexity index is 376. The van der Waals surface area contributed by atoms with E-state index in [2.05, 4.69) is 52.0 Å². The van der Waals surface area contributed by atoms with Gasteiger partial charge in [-0.05, 0) is 48.6 Å². The van der Waals surface area contributed by atoms with Crippen molar-refractivity contribution in [3.05, 3.63) is 35.4 Å². The molecule has 0 spiro atoms. The first-order valence-corrected chi connectivity index (χ1v) is 11.5. The summed E-state index contributed by atoms with van der Waals surface area (Å²) in [4.78, 5) is 21.7. The summed E-state index contributed by atoms with van der Waals surface area (Å²) >= 11 is 0. The van der Waals surface area contributed by atoms with Gasteiger partial charge in [-0.15, -0.1) is 0 Å². The van der Waals surface area contributed by atoms with E-state index in [4.69, 9.17) is 14.7 Å². The molecule has 152 valence electrons. The fourth-order valence-electron chi connectivity index (χ4n) is 2.99. The second-order valence-electron chi connectivity index (χ2n) is 8.07. The lowest BCUT2D eigenvalue weighted by atomic mass is 9.99. The Morgan fingerprint density at radius 3 is 1.19 bits per heavy atom. The molecular formula is C22H41O3P. The van der Waals surface area contributed by atoms with Gasteiger partial charge in [-0.25, -0.2) is 0 Å².